The van der Waals surface area contributed by atoms with E-state index < -0.39 is 36.5 Å². The highest BCUT2D eigenvalue weighted by molar-refractivity contribution is 6.31. The Kier molecular flexibility index (Phi) is 16.3. The Balaban J connectivity index is 1.46. The molecule has 0 aromatic heterocycles. The molecule has 9 nitrogen and oxygen atoms in total. The van der Waals surface area contributed by atoms with Crippen molar-refractivity contribution in [3.05, 3.63) is 178 Å². The van der Waals surface area contributed by atoms with Gasteiger partial charge in [-0.3, -0.25) is 4.79 Å². The summed E-state index contributed by atoms with van der Waals surface area (Å²) in [5.74, 6) is 0.809. The van der Waals surface area contributed by atoms with Gasteiger partial charge in [-0.2, -0.15) is 0 Å². The van der Waals surface area contributed by atoms with Crippen LogP contribution in [-0.4, -0.2) is 61.9 Å². The minimum atomic E-state index is -0.810. The molecule has 5 aromatic carbocycles. The molecule has 6 rings (SSSR count). The fourth-order valence-electron chi connectivity index (χ4n) is 6.84. The number of rotatable bonds is 20. The second kappa shape index (κ2) is 22.2. The maximum atomic E-state index is 12.3. The maximum Gasteiger partial charge on any atom is 0.302 e. The van der Waals surface area contributed by atoms with Gasteiger partial charge in [0.1, 0.15) is 55.2 Å². The minimum absolute atomic E-state index is 0.0933. The predicted octanol–water partition coefficient (Wildman–Crippen LogP) is 9.02. The van der Waals surface area contributed by atoms with Crippen molar-refractivity contribution in [1.82, 2.24) is 0 Å². The molecule has 1 fully saturated rings. The molecule has 5 atom stereocenters. The Hall–Kier alpha value is -5.00. The normalized spacial score (nSPS) is 19.2. The average molecular weight is 807 g/mol. The first-order valence-electron chi connectivity index (χ1n) is 19.6. The summed E-state index contributed by atoms with van der Waals surface area (Å²) in [7, 11) is 0. The number of benzene rings is 5. The van der Waals surface area contributed by atoms with Gasteiger partial charge in [-0.25, -0.2) is 0 Å². The van der Waals surface area contributed by atoms with E-state index in [-0.39, 0.29) is 39.6 Å². The fraction of sp³-hybridized carbons (Fsp3) is 0.312. The summed E-state index contributed by atoms with van der Waals surface area (Å²) in [4.78, 5) is 12.3. The first-order valence-corrected chi connectivity index (χ1v) is 20.0. The van der Waals surface area contributed by atoms with Crippen LogP contribution in [0.3, 0.4) is 0 Å². The molecule has 1 aliphatic heterocycles. The quantitative estimate of drug-likeness (QED) is 0.0610. The predicted molar refractivity (Wildman–Crippen MR) is 223 cm³/mol. The van der Waals surface area contributed by atoms with E-state index in [1.165, 1.54) is 6.92 Å². The Bertz CT molecular complexity index is 2010. The van der Waals surface area contributed by atoms with Crippen molar-refractivity contribution in [2.75, 3.05) is 26.4 Å². The molecule has 1 N–H and O–H groups in total. The first kappa shape index (κ1) is 42.6. The van der Waals surface area contributed by atoms with Crippen molar-refractivity contribution in [1.29, 1.82) is 0 Å². The lowest BCUT2D eigenvalue weighted by Gasteiger charge is -2.46. The molecular formula is C48H51ClO9. The summed E-state index contributed by atoms with van der Waals surface area (Å²) >= 11 is 7.03. The SMILES string of the molecule is CCOc1ccc(Cc2cc([C@@H]3O[C@H](COC(C)=O)[C@@H](OCc4ccccc4)[C@@H](OCc4ccccc4)[C@H]3OCc3ccccc3)c(OC/C=C\CO)cc2Cl)cc1. The van der Waals surface area contributed by atoms with E-state index in [1.807, 2.05) is 128 Å². The molecule has 304 valence electrons. The number of ether oxygens (including phenoxy) is 7. The molecule has 1 saturated heterocycles. The highest BCUT2D eigenvalue weighted by atomic mass is 35.5. The van der Waals surface area contributed by atoms with Gasteiger partial charge in [-0.05, 0) is 71.5 Å². The van der Waals surface area contributed by atoms with Crippen molar-refractivity contribution in [3.63, 3.8) is 0 Å². The summed E-state index contributed by atoms with van der Waals surface area (Å²) in [5, 5.41) is 9.94. The van der Waals surface area contributed by atoms with Gasteiger partial charge in [-0.15, -0.1) is 0 Å². The van der Waals surface area contributed by atoms with E-state index >= 15 is 0 Å². The number of esters is 1. The van der Waals surface area contributed by atoms with Crippen LogP contribution in [0.2, 0.25) is 5.02 Å². The van der Waals surface area contributed by atoms with Crippen LogP contribution < -0.4 is 9.47 Å². The van der Waals surface area contributed by atoms with Crippen molar-refractivity contribution >= 4 is 17.6 Å². The zero-order chi connectivity index (χ0) is 40.5. The molecule has 0 unspecified atom stereocenters. The molecule has 1 aliphatic rings. The lowest BCUT2D eigenvalue weighted by Crippen LogP contribution is -2.58. The van der Waals surface area contributed by atoms with Crippen LogP contribution in [0, 0.1) is 0 Å². The second-order valence-electron chi connectivity index (χ2n) is 13.9. The summed E-state index contributed by atoms with van der Waals surface area (Å²) in [5.41, 5.74) is 5.43. The Morgan fingerprint density at radius 1 is 0.707 bits per heavy atom. The standard InChI is InChI=1S/C48H51ClO9/c1-3-52-40-23-21-35(22-24-40)27-39-28-41(43(29-42(39)49)53-26-14-13-25-50)45-47(56-31-37-17-9-5-10-18-37)48(57-32-38-19-11-6-12-20-38)46(44(58-45)33-54-34(2)51)55-30-36-15-7-4-8-16-36/h4-24,28-29,44-48,50H,3,25-27,30-33H2,1-2H3/b14-13-/t44-,45+,46-,47+,48-/m1/s1. The van der Waals surface area contributed by atoms with Crippen molar-refractivity contribution in [3.8, 4) is 11.5 Å². The zero-order valence-electron chi connectivity index (χ0n) is 32.9. The zero-order valence-corrected chi connectivity index (χ0v) is 33.7. The third kappa shape index (κ3) is 12.3. The van der Waals surface area contributed by atoms with Gasteiger partial charge in [-0.1, -0.05) is 121 Å². The van der Waals surface area contributed by atoms with Crippen LogP contribution in [0.25, 0.3) is 0 Å². The molecule has 1 heterocycles. The highest BCUT2D eigenvalue weighted by Gasteiger charge is 2.50. The topological polar surface area (TPSA) is 102 Å². The Labute approximate surface area is 346 Å². The Morgan fingerprint density at radius 2 is 1.28 bits per heavy atom. The molecule has 0 amide bonds. The molecule has 0 saturated carbocycles. The third-order valence-electron chi connectivity index (χ3n) is 9.66. The molecule has 0 spiro atoms. The maximum absolute atomic E-state index is 12.3. The summed E-state index contributed by atoms with van der Waals surface area (Å²) < 4.78 is 45.3. The second-order valence-corrected chi connectivity index (χ2v) is 14.3. The Morgan fingerprint density at radius 3 is 1.83 bits per heavy atom. The number of hydrogen-bond donors (Lipinski definition) is 1. The minimum Gasteiger partial charge on any atom is -0.494 e. The number of aliphatic hydroxyl groups is 1. The van der Waals surface area contributed by atoms with Crippen molar-refractivity contribution in [2.24, 2.45) is 0 Å². The smallest absolute Gasteiger partial charge is 0.302 e. The largest absolute Gasteiger partial charge is 0.494 e. The molecule has 58 heavy (non-hydrogen) atoms. The van der Waals surface area contributed by atoms with Gasteiger partial charge < -0.3 is 38.3 Å². The molecule has 5 aromatic rings. The summed E-state index contributed by atoms with van der Waals surface area (Å²) in [6.07, 6.45) is 0.0668. The number of hydrogen-bond acceptors (Lipinski definition) is 9. The van der Waals surface area contributed by atoms with Crippen LogP contribution in [0.1, 0.15) is 53.3 Å². The summed E-state index contributed by atoms with van der Waals surface area (Å²) in [6.45, 7) is 4.61. The molecule has 0 radical (unpaired) electrons. The van der Waals surface area contributed by atoms with Crippen LogP contribution in [0.5, 0.6) is 11.5 Å². The van der Waals surface area contributed by atoms with Gasteiger partial charge in [0.05, 0.1) is 33.0 Å². The monoisotopic (exact) mass is 806 g/mol. The molecule has 10 heteroatoms. The van der Waals surface area contributed by atoms with E-state index in [0.717, 1.165) is 33.6 Å². The first-order chi connectivity index (χ1) is 28.4. The number of carbonyl (C=O) groups is 1. The average Bonchev–Trinajstić information content (AvgIpc) is 3.25. The van der Waals surface area contributed by atoms with E-state index in [0.29, 0.717) is 29.4 Å². The lowest BCUT2D eigenvalue weighted by atomic mass is 9.88. The van der Waals surface area contributed by atoms with Gasteiger partial charge in [0.25, 0.3) is 0 Å². The highest BCUT2D eigenvalue weighted by Crippen LogP contribution is 2.43. The van der Waals surface area contributed by atoms with Gasteiger partial charge in [0.2, 0.25) is 0 Å². The lowest BCUT2D eigenvalue weighted by molar-refractivity contribution is -0.273. The number of aliphatic hydroxyl groups excluding tert-OH is 1. The van der Waals surface area contributed by atoms with Crippen molar-refractivity contribution in [2.45, 2.75) is 70.6 Å². The van der Waals surface area contributed by atoms with E-state index in [2.05, 4.69) is 0 Å². The third-order valence-corrected chi connectivity index (χ3v) is 10.0. The summed E-state index contributed by atoms with van der Waals surface area (Å²) in [6, 6.07) is 41.4. The van der Waals surface area contributed by atoms with E-state index in [1.54, 1.807) is 18.2 Å². The van der Waals surface area contributed by atoms with Crippen LogP contribution in [0.15, 0.2) is 140 Å². The van der Waals surface area contributed by atoms with Gasteiger partial charge >= 0.3 is 5.97 Å². The molecule has 0 bridgehead atoms. The molecular weight excluding hydrogens is 756 g/mol. The van der Waals surface area contributed by atoms with Crippen LogP contribution in [-0.2, 0) is 54.7 Å². The van der Waals surface area contributed by atoms with Gasteiger partial charge in [0.15, 0.2) is 0 Å². The van der Waals surface area contributed by atoms with Gasteiger partial charge in [0, 0.05) is 17.5 Å². The fourth-order valence-corrected chi connectivity index (χ4v) is 7.06. The number of halogens is 1. The van der Waals surface area contributed by atoms with E-state index in [4.69, 9.17) is 44.8 Å². The van der Waals surface area contributed by atoms with Crippen LogP contribution >= 0.6 is 11.6 Å². The number of carbonyl (C=O) groups excluding carboxylic acids is 1. The van der Waals surface area contributed by atoms with Crippen LogP contribution in [0.4, 0.5) is 0 Å². The van der Waals surface area contributed by atoms with E-state index in [9.17, 15) is 9.90 Å². The van der Waals surface area contributed by atoms with Crippen molar-refractivity contribution < 1.29 is 43.1 Å². The molecule has 0 aliphatic carbocycles.